The first-order chi connectivity index (χ1) is 19.0. The number of amides is 1. The van der Waals surface area contributed by atoms with Crippen LogP contribution in [0.1, 0.15) is 22.3 Å². The Balaban J connectivity index is 1.39. The van der Waals surface area contributed by atoms with E-state index in [1.807, 2.05) is 78.9 Å². The summed E-state index contributed by atoms with van der Waals surface area (Å²) in [6.45, 7) is 1.13. The van der Waals surface area contributed by atoms with Crippen molar-refractivity contribution < 1.29 is 9.53 Å². The van der Waals surface area contributed by atoms with Gasteiger partial charge in [-0.2, -0.15) is 0 Å². The first kappa shape index (κ1) is 27.4. The second kappa shape index (κ2) is 12.8. The average molecular weight is 594 g/mol. The molecule has 1 saturated heterocycles. The maximum atomic E-state index is 13.5. The van der Waals surface area contributed by atoms with Crippen molar-refractivity contribution in [1.82, 2.24) is 4.90 Å². The second-order valence-corrected chi connectivity index (χ2v) is 11.0. The van der Waals surface area contributed by atoms with Crippen molar-refractivity contribution in [3.8, 4) is 5.75 Å². The number of hydrogen-bond donors (Lipinski definition) is 0. The number of thioether (sulfide) groups is 1. The number of hydrogen-bond acceptors (Lipinski definition) is 4. The third kappa shape index (κ3) is 6.87. The molecule has 0 atom stereocenters. The zero-order chi connectivity index (χ0) is 27.2. The number of nitrogens with zero attached hydrogens (tertiary/aromatic N) is 2. The Kier molecular flexibility index (Phi) is 8.95. The Morgan fingerprint density at radius 3 is 2.08 bits per heavy atom. The van der Waals surface area contributed by atoms with E-state index in [1.54, 1.807) is 29.2 Å². The molecule has 0 saturated carbocycles. The third-order valence-corrected chi connectivity index (χ3v) is 7.93. The first-order valence-electron chi connectivity index (χ1n) is 12.2. The maximum Gasteiger partial charge on any atom is 0.267 e. The van der Waals surface area contributed by atoms with Gasteiger partial charge >= 0.3 is 0 Å². The molecule has 4 nitrogen and oxygen atoms in total. The van der Waals surface area contributed by atoms with Gasteiger partial charge < -0.3 is 4.74 Å². The van der Waals surface area contributed by atoms with Gasteiger partial charge in [-0.1, -0.05) is 114 Å². The van der Waals surface area contributed by atoms with Gasteiger partial charge in [-0.25, -0.2) is 0 Å². The maximum absolute atomic E-state index is 13.5. The van der Waals surface area contributed by atoms with Gasteiger partial charge in [0.15, 0.2) is 10.9 Å². The molecule has 0 radical (unpaired) electrons. The van der Waals surface area contributed by atoms with Crippen LogP contribution in [0.15, 0.2) is 107 Å². The van der Waals surface area contributed by atoms with Crippen molar-refractivity contribution >= 4 is 63.7 Å². The Hall–Kier alpha value is -3.22. The molecule has 1 aliphatic rings. The van der Waals surface area contributed by atoms with Crippen LogP contribution in [0.5, 0.6) is 5.75 Å². The molecule has 0 N–H and O–H groups in total. The predicted molar refractivity (Wildman–Crippen MR) is 162 cm³/mol. The monoisotopic (exact) mass is 592 g/mol. The Morgan fingerprint density at radius 2 is 1.41 bits per heavy atom. The van der Waals surface area contributed by atoms with E-state index in [9.17, 15) is 4.79 Å². The van der Waals surface area contributed by atoms with Crippen LogP contribution in [0.4, 0.5) is 0 Å². The molecule has 1 fully saturated rings. The summed E-state index contributed by atoms with van der Waals surface area (Å²) in [6, 6.07) is 30.7. The van der Waals surface area contributed by atoms with Crippen LogP contribution in [0.2, 0.25) is 15.1 Å². The minimum Gasteiger partial charge on any atom is -0.486 e. The van der Waals surface area contributed by atoms with E-state index in [-0.39, 0.29) is 12.5 Å². The van der Waals surface area contributed by atoms with E-state index in [0.717, 1.165) is 16.7 Å². The highest BCUT2D eigenvalue weighted by atomic mass is 35.5. The highest BCUT2D eigenvalue weighted by molar-refractivity contribution is 8.18. The van der Waals surface area contributed by atoms with Gasteiger partial charge in [-0.05, 0) is 52.7 Å². The quantitative estimate of drug-likeness (QED) is 0.192. The molecule has 1 aliphatic heterocycles. The number of ether oxygens (including phenoxy) is 1. The molecule has 0 aliphatic carbocycles. The molecule has 1 amide bonds. The molecule has 4 aromatic carbocycles. The van der Waals surface area contributed by atoms with Gasteiger partial charge in [-0.3, -0.25) is 14.7 Å². The van der Waals surface area contributed by atoms with E-state index in [1.165, 1.54) is 11.8 Å². The van der Waals surface area contributed by atoms with Gasteiger partial charge in [-0.15, -0.1) is 0 Å². The molecular formula is C31H23Cl3N2O2S. The fraction of sp³-hybridized carbons (Fsp3) is 0.0968. The number of aliphatic imine (C=N–C) groups is 1. The fourth-order valence-electron chi connectivity index (χ4n) is 3.99. The zero-order valence-electron chi connectivity index (χ0n) is 20.7. The molecular weight excluding hydrogens is 571 g/mol. The van der Waals surface area contributed by atoms with E-state index in [4.69, 9.17) is 44.5 Å². The summed E-state index contributed by atoms with van der Waals surface area (Å²) in [5.74, 6) is 0.239. The normalized spacial score (nSPS) is 15.4. The minimum atomic E-state index is -0.123. The van der Waals surface area contributed by atoms with E-state index < -0.39 is 0 Å². The van der Waals surface area contributed by atoms with Crippen molar-refractivity contribution in [2.75, 3.05) is 0 Å². The molecule has 0 unspecified atom stereocenters. The number of rotatable bonds is 8. The Bertz CT molecular complexity index is 1520. The van der Waals surface area contributed by atoms with Gasteiger partial charge in [0.1, 0.15) is 6.61 Å². The van der Waals surface area contributed by atoms with Crippen LogP contribution in [-0.2, 0) is 24.5 Å². The third-order valence-electron chi connectivity index (χ3n) is 5.96. The fourth-order valence-corrected chi connectivity index (χ4v) is 5.77. The first-order valence-corrected chi connectivity index (χ1v) is 14.1. The predicted octanol–water partition coefficient (Wildman–Crippen LogP) is 8.90. The van der Waals surface area contributed by atoms with Crippen molar-refractivity contribution in [3.63, 3.8) is 0 Å². The molecule has 4 aromatic rings. The summed E-state index contributed by atoms with van der Waals surface area (Å²) in [6.07, 6.45) is 1.78. The van der Waals surface area contributed by atoms with E-state index >= 15 is 0 Å². The van der Waals surface area contributed by atoms with E-state index in [2.05, 4.69) is 0 Å². The molecule has 0 aromatic heterocycles. The van der Waals surface area contributed by atoms with Crippen LogP contribution in [0.25, 0.3) is 6.08 Å². The summed E-state index contributed by atoms with van der Waals surface area (Å²) in [5.41, 5.74) is 3.61. The number of amidine groups is 1. The Morgan fingerprint density at radius 1 is 0.795 bits per heavy atom. The highest BCUT2D eigenvalue weighted by Gasteiger charge is 2.33. The Labute approximate surface area is 246 Å². The lowest BCUT2D eigenvalue weighted by Crippen LogP contribution is -2.28. The van der Waals surface area contributed by atoms with Gasteiger partial charge in [0.2, 0.25) is 0 Å². The van der Waals surface area contributed by atoms with Crippen LogP contribution in [-0.4, -0.2) is 16.0 Å². The van der Waals surface area contributed by atoms with Crippen molar-refractivity contribution in [1.29, 1.82) is 0 Å². The van der Waals surface area contributed by atoms with E-state index in [0.29, 0.717) is 49.5 Å². The van der Waals surface area contributed by atoms with Crippen molar-refractivity contribution in [3.05, 3.63) is 139 Å². The van der Waals surface area contributed by atoms with Crippen LogP contribution in [0, 0.1) is 0 Å². The molecule has 0 bridgehead atoms. The largest absolute Gasteiger partial charge is 0.486 e. The number of carbonyl (C=O) groups is 1. The standard InChI is InChI=1S/C31H23Cl3N2O2S/c32-25-14-8-7-13-24(25)20-38-29-26(33)15-23(16-27(29)34)17-28-30(37)36(19-22-11-5-2-6-12-22)31(39-28)35-18-21-9-3-1-4-10-21/h1-17H,18-20H2/b28-17+,35-31?. The van der Waals surface area contributed by atoms with Crippen LogP contribution >= 0.6 is 46.6 Å². The lowest BCUT2D eigenvalue weighted by Gasteiger charge is -2.15. The molecule has 8 heteroatoms. The lowest BCUT2D eigenvalue weighted by molar-refractivity contribution is -0.122. The molecule has 196 valence electrons. The number of benzene rings is 4. The van der Waals surface area contributed by atoms with Gasteiger partial charge in [0.25, 0.3) is 5.91 Å². The second-order valence-electron chi connectivity index (χ2n) is 8.77. The molecule has 5 rings (SSSR count). The average Bonchev–Trinajstić information content (AvgIpc) is 3.22. The smallest absolute Gasteiger partial charge is 0.267 e. The van der Waals surface area contributed by atoms with Gasteiger partial charge in [0.05, 0.1) is 28.0 Å². The SMILES string of the molecule is O=C1/C(=C\c2cc(Cl)c(OCc3ccccc3Cl)c(Cl)c2)SC(=NCc2ccccc2)N1Cc1ccccc1. The van der Waals surface area contributed by atoms with Crippen LogP contribution < -0.4 is 4.74 Å². The summed E-state index contributed by atoms with van der Waals surface area (Å²) in [7, 11) is 0. The van der Waals surface area contributed by atoms with Crippen LogP contribution in [0.3, 0.4) is 0 Å². The molecule has 0 spiro atoms. The van der Waals surface area contributed by atoms with Gasteiger partial charge in [0, 0.05) is 10.6 Å². The van der Waals surface area contributed by atoms with Crippen molar-refractivity contribution in [2.45, 2.75) is 19.7 Å². The molecule has 1 heterocycles. The topological polar surface area (TPSA) is 41.9 Å². The summed E-state index contributed by atoms with van der Waals surface area (Å²) in [4.78, 5) is 20.5. The molecule has 39 heavy (non-hydrogen) atoms. The number of halogens is 3. The highest BCUT2D eigenvalue weighted by Crippen LogP contribution is 2.38. The minimum absolute atomic E-state index is 0.123. The van der Waals surface area contributed by atoms with Crippen molar-refractivity contribution in [2.24, 2.45) is 4.99 Å². The summed E-state index contributed by atoms with van der Waals surface area (Å²) < 4.78 is 5.89. The zero-order valence-corrected chi connectivity index (χ0v) is 23.8. The lowest BCUT2D eigenvalue weighted by atomic mass is 10.2. The summed E-state index contributed by atoms with van der Waals surface area (Å²) >= 11 is 20.7. The number of carbonyl (C=O) groups excluding carboxylic acids is 1. The summed E-state index contributed by atoms with van der Waals surface area (Å²) in [5, 5.41) is 1.94.